The molecule has 1 unspecified atom stereocenters. The first kappa shape index (κ1) is 16.4. The lowest BCUT2D eigenvalue weighted by Crippen LogP contribution is -2.14. The fraction of sp³-hybridized carbons (Fsp3) is 0.250. The Morgan fingerprint density at radius 2 is 1.86 bits per heavy atom. The lowest BCUT2D eigenvalue weighted by molar-refractivity contribution is 0.340. The molecule has 0 heterocycles. The Bertz CT molecular complexity index is 631. The van der Waals surface area contributed by atoms with Crippen molar-refractivity contribution in [3.8, 4) is 5.75 Å². The number of hydrogen-bond donors (Lipinski definition) is 1. The van der Waals surface area contributed by atoms with Gasteiger partial charge in [-0.05, 0) is 42.7 Å². The maximum absolute atomic E-state index is 6.28. The van der Waals surface area contributed by atoms with Crippen LogP contribution in [0.1, 0.15) is 24.1 Å². The van der Waals surface area contributed by atoms with Crippen LogP contribution in [0.4, 0.5) is 0 Å². The third-order valence-electron chi connectivity index (χ3n) is 3.10. The largest absolute Gasteiger partial charge is 0.492 e. The average Bonchev–Trinajstić information content (AvgIpc) is 2.42. The SMILES string of the molecule is CCOc1cc(Cl)c(C(N)Cc2cccc(Cl)c2)cc1Cl. The molecule has 0 aliphatic heterocycles. The van der Waals surface area contributed by atoms with Gasteiger partial charge in [0.25, 0.3) is 0 Å². The lowest BCUT2D eigenvalue weighted by atomic mass is 9.99. The molecule has 21 heavy (non-hydrogen) atoms. The molecule has 0 aliphatic carbocycles. The Hall–Kier alpha value is -0.930. The highest BCUT2D eigenvalue weighted by atomic mass is 35.5. The zero-order valence-corrected chi connectivity index (χ0v) is 13.8. The summed E-state index contributed by atoms with van der Waals surface area (Å²) in [7, 11) is 0. The predicted octanol–water partition coefficient (Wildman–Crippen LogP) is 5.29. The van der Waals surface area contributed by atoms with Gasteiger partial charge in [-0.3, -0.25) is 0 Å². The minimum absolute atomic E-state index is 0.260. The van der Waals surface area contributed by atoms with Crippen LogP contribution in [0, 0.1) is 0 Å². The molecular formula is C16H16Cl3NO. The van der Waals surface area contributed by atoms with Gasteiger partial charge in [-0.25, -0.2) is 0 Å². The normalized spacial score (nSPS) is 12.2. The van der Waals surface area contributed by atoms with E-state index in [1.54, 1.807) is 12.1 Å². The first-order chi connectivity index (χ1) is 10.0. The average molecular weight is 345 g/mol. The molecule has 5 heteroatoms. The van der Waals surface area contributed by atoms with Crippen molar-refractivity contribution >= 4 is 34.8 Å². The topological polar surface area (TPSA) is 35.2 Å². The smallest absolute Gasteiger partial charge is 0.139 e. The molecule has 0 radical (unpaired) electrons. The summed E-state index contributed by atoms with van der Waals surface area (Å²) in [6.07, 6.45) is 0.630. The van der Waals surface area contributed by atoms with Gasteiger partial charge in [0.1, 0.15) is 5.75 Å². The fourth-order valence-electron chi connectivity index (χ4n) is 2.12. The lowest BCUT2D eigenvalue weighted by Gasteiger charge is -2.16. The monoisotopic (exact) mass is 343 g/mol. The molecule has 0 fully saturated rings. The molecule has 0 saturated carbocycles. The predicted molar refractivity (Wildman–Crippen MR) is 89.7 cm³/mol. The molecule has 2 N–H and O–H groups in total. The molecule has 112 valence electrons. The van der Waals surface area contributed by atoms with Crippen LogP contribution in [0.3, 0.4) is 0 Å². The van der Waals surface area contributed by atoms with E-state index in [1.165, 1.54) is 0 Å². The van der Waals surface area contributed by atoms with E-state index in [4.69, 9.17) is 45.3 Å². The van der Waals surface area contributed by atoms with Crippen LogP contribution in [0.25, 0.3) is 0 Å². The number of ether oxygens (including phenoxy) is 1. The summed E-state index contributed by atoms with van der Waals surface area (Å²) in [5.74, 6) is 0.572. The second-order valence-electron chi connectivity index (χ2n) is 4.68. The van der Waals surface area contributed by atoms with Crippen molar-refractivity contribution in [2.24, 2.45) is 5.73 Å². The zero-order valence-electron chi connectivity index (χ0n) is 11.6. The van der Waals surface area contributed by atoms with E-state index >= 15 is 0 Å². The molecule has 2 rings (SSSR count). The molecule has 0 aromatic heterocycles. The Morgan fingerprint density at radius 3 is 2.52 bits per heavy atom. The Morgan fingerprint density at radius 1 is 1.10 bits per heavy atom. The van der Waals surface area contributed by atoms with Crippen molar-refractivity contribution in [1.29, 1.82) is 0 Å². The van der Waals surface area contributed by atoms with E-state index in [9.17, 15) is 0 Å². The summed E-state index contributed by atoms with van der Waals surface area (Å²) in [6, 6.07) is 10.8. The third-order valence-corrected chi connectivity index (χ3v) is 3.95. The van der Waals surface area contributed by atoms with Crippen molar-refractivity contribution in [1.82, 2.24) is 0 Å². The minimum atomic E-state index is -0.260. The molecule has 2 nitrogen and oxygen atoms in total. The van der Waals surface area contributed by atoms with Crippen molar-refractivity contribution in [3.63, 3.8) is 0 Å². The molecule has 0 bridgehead atoms. The van der Waals surface area contributed by atoms with E-state index in [1.807, 2.05) is 31.2 Å². The van der Waals surface area contributed by atoms with Gasteiger partial charge in [-0.1, -0.05) is 46.9 Å². The summed E-state index contributed by atoms with van der Waals surface area (Å²) in [6.45, 7) is 2.42. The molecule has 0 amide bonds. The van der Waals surface area contributed by atoms with Gasteiger partial charge < -0.3 is 10.5 Å². The highest BCUT2D eigenvalue weighted by molar-refractivity contribution is 6.34. The van der Waals surface area contributed by atoms with Crippen LogP contribution in [0.15, 0.2) is 36.4 Å². The molecule has 1 atom stereocenters. The van der Waals surface area contributed by atoms with Crippen molar-refractivity contribution in [2.45, 2.75) is 19.4 Å². The first-order valence-electron chi connectivity index (χ1n) is 6.63. The minimum Gasteiger partial charge on any atom is -0.492 e. The van der Waals surface area contributed by atoms with Crippen LogP contribution < -0.4 is 10.5 Å². The molecular weight excluding hydrogens is 329 g/mol. The van der Waals surface area contributed by atoms with E-state index in [0.717, 1.165) is 11.1 Å². The maximum Gasteiger partial charge on any atom is 0.139 e. The van der Waals surface area contributed by atoms with Gasteiger partial charge in [0.2, 0.25) is 0 Å². The third kappa shape index (κ3) is 4.27. The van der Waals surface area contributed by atoms with Crippen molar-refractivity contribution in [3.05, 3.63) is 62.6 Å². The Kier molecular flexibility index (Phi) is 5.77. The van der Waals surface area contributed by atoms with Gasteiger partial charge in [0.15, 0.2) is 0 Å². The Labute approximate surface area is 139 Å². The number of hydrogen-bond acceptors (Lipinski definition) is 2. The van der Waals surface area contributed by atoms with Crippen LogP contribution in [-0.2, 0) is 6.42 Å². The van der Waals surface area contributed by atoms with Gasteiger partial charge in [0, 0.05) is 22.2 Å². The van der Waals surface area contributed by atoms with E-state index in [2.05, 4.69) is 0 Å². The number of rotatable bonds is 5. The molecule has 2 aromatic rings. The number of benzene rings is 2. The van der Waals surface area contributed by atoms with Gasteiger partial charge >= 0.3 is 0 Å². The van der Waals surface area contributed by atoms with Gasteiger partial charge in [0.05, 0.1) is 11.6 Å². The summed E-state index contributed by atoms with van der Waals surface area (Å²) >= 11 is 18.5. The summed E-state index contributed by atoms with van der Waals surface area (Å²) in [4.78, 5) is 0. The van der Waals surface area contributed by atoms with E-state index in [-0.39, 0.29) is 6.04 Å². The molecule has 0 saturated heterocycles. The second-order valence-corrected chi connectivity index (χ2v) is 5.93. The molecule has 0 aliphatic rings. The van der Waals surface area contributed by atoms with Crippen LogP contribution in [0.2, 0.25) is 15.1 Å². The van der Waals surface area contributed by atoms with Crippen LogP contribution >= 0.6 is 34.8 Å². The number of halogens is 3. The van der Waals surface area contributed by atoms with E-state index in [0.29, 0.717) is 33.8 Å². The quantitative estimate of drug-likeness (QED) is 0.800. The summed E-state index contributed by atoms with van der Waals surface area (Å²) < 4.78 is 5.41. The van der Waals surface area contributed by atoms with Crippen LogP contribution in [-0.4, -0.2) is 6.61 Å². The van der Waals surface area contributed by atoms with Crippen molar-refractivity contribution < 1.29 is 4.74 Å². The standard InChI is InChI=1S/C16H16Cl3NO/c1-2-21-16-9-13(18)12(8-14(16)19)15(20)7-10-4-3-5-11(17)6-10/h3-6,8-9,15H,2,7,20H2,1H3. The maximum atomic E-state index is 6.28. The van der Waals surface area contributed by atoms with E-state index < -0.39 is 0 Å². The highest BCUT2D eigenvalue weighted by Crippen LogP contribution is 2.34. The van der Waals surface area contributed by atoms with Crippen molar-refractivity contribution in [2.75, 3.05) is 6.61 Å². The molecule has 0 spiro atoms. The highest BCUT2D eigenvalue weighted by Gasteiger charge is 2.15. The van der Waals surface area contributed by atoms with Crippen LogP contribution in [0.5, 0.6) is 5.75 Å². The van der Waals surface area contributed by atoms with Gasteiger partial charge in [-0.2, -0.15) is 0 Å². The fourth-order valence-corrected chi connectivity index (χ4v) is 2.86. The number of nitrogens with two attached hydrogens (primary N) is 1. The first-order valence-corrected chi connectivity index (χ1v) is 7.76. The molecule has 2 aromatic carbocycles. The summed E-state index contributed by atoms with van der Waals surface area (Å²) in [5, 5.41) is 1.76. The Balaban J connectivity index is 2.23. The second kappa shape index (κ2) is 7.37. The summed E-state index contributed by atoms with van der Waals surface area (Å²) in [5.41, 5.74) is 8.09. The van der Waals surface area contributed by atoms with Gasteiger partial charge in [-0.15, -0.1) is 0 Å². The zero-order chi connectivity index (χ0) is 15.4.